The van der Waals surface area contributed by atoms with Gasteiger partial charge in [0.15, 0.2) is 18.9 Å². The summed E-state index contributed by atoms with van der Waals surface area (Å²) in [5.41, 5.74) is 2.45. The minimum Gasteiger partial charge on any atom is -0.249 e. The molecule has 0 amide bonds. The summed E-state index contributed by atoms with van der Waals surface area (Å²) in [6, 6.07) is 10.5. The lowest BCUT2D eigenvalue weighted by atomic mass is 10.1. The van der Waals surface area contributed by atoms with E-state index in [1.807, 2.05) is 18.5 Å². The fraction of sp³-hybridized carbons (Fsp3) is 0.286. The van der Waals surface area contributed by atoms with Crippen molar-refractivity contribution >= 4 is 0 Å². The molecular weight excluding hydrogens is 196 g/mol. The van der Waals surface area contributed by atoms with E-state index >= 15 is 0 Å². The summed E-state index contributed by atoms with van der Waals surface area (Å²) in [7, 11) is 0. The molecule has 0 radical (unpaired) electrons. The van der Waals surface area contributed by atoms with Gasteiger partial charge >= 0.3 is 0 Å². The summed E-state index contributed by atoms with van der Waals surface area (Å²) in [4.78, 5) is 4.36. The predicted molar refractivity (Wildman–Crippen MR) is 64.1 cm³/mol. The van der Waals surface area contributed by atoms with Crippen molar-refractivity contribution in [1.29, 1.82) is 0 Å². The Labute approximate surface area is 96.6 Å². The third kappa shape index (κ3) is 2.66. The van der Waals surface area contributed by atoms with E-state index in [0.29, 0.717) is 5.92 Å². The van der Waals surface area contributed by atoms with Crippen LogP contribution in [0.1, 0.15) is 31.0 Å². The van der Waals surface area contributed by atoms with Crippen molar-refractivity contribution in [3.8, 4) is 0 Å². The summed E-state index contributed by atoms with van der Waals surface area (Å²) in [6.07, 6.45) is 6.01. The highest BCUT2D eigenvalue weighted by atomic mass is 15.0. The van der Waals surface area contributed by atoms with E-state index in [2.05, 4.69) is 53.9 Å². The lowest BCUT2D eigenvalue weighted by Gasteiger charge is -2.02. The molecule has 2 rings (SSSR count). The van der Waals surface area contributed by atoms with Gasteiger partial charge in [-0.3, -0.25) is 0 Å². The maximum Gasteiger partial charge on any atom is 0.191 e. The normalized spacial score (nSPS) is 10.7. The molecule has 16 heavy (non-hydrogen) atoms. The molecule has 0 atom stereocenters. The van der Waals surface area contributed by atoms with Gasteiger partial charge in [-0.2, -0.15) is 4.57 Å². The van der Waals surface area contributed by atoms with E-state index in [4.69, 9.17) is 0 Å². The molecule has 2 heteroatoms. The van der Waals surface area contributed by atoms with E-state index in [1.54, 1.807) is 0 Å². The predicted octanol–water partition coefficient (Wildman–Crippen LogP) is 2.54. The SMILES string of the molecule is CC(C)c1c[n+](Cc2ccccc2)ccn1. The molecule has 0 bridgehead atoms. The minimum absolute atomic E-state index is 0.475. The Balaban J connectivity index is 2.19. The van der Waals surface area contributed by atoms with Gasteiger partial charge in [-0.05, 0) is 0 Å². The van der Waals surface area contributed by atoms with Crippen LogP contribution in [-0.2, 0) is 6.54 Å². The lowest BCUT2D eigenvalue weighted by Crippen LogP contribution is -2.34. The molecule has 0 unspecified atom stereocenters. The minimum atomic E-state index is 0.475. The number of nitrogens with zero attached hydrogens (tertiary/aromatic N) is 2. The van der Waals surface area contributed by atoms with E-state index < -0.39 is 0 Å². The molecule has 0 aliphatic rings. The Bertz CT molecular complexity index is 449. The van der Waals surface area contributed by atoms with Crippen LogP contribution in [0.3, 0.4) is 0 Å². The van der Waals surface area contributed by atoms with Crippen LogP contribution in [0.4, 0.5) is 0 Å². The number of hydrogen-bond acceptors (Lipinski definition) is 1. The van der Waals surface area contributed by atoms with Gasteiger partial charge in [0.2, 0.25) is 0 Å². The van der Waals surface area contributed by atoms with Crippen LogP contribution in [-0.4, -0.2) is 4.98 Å². The highest BCUT2D eigenvalue weighted by Crippen LogP contribution is 2.07. The van der Waals surface area contributed by atoms with Crippen LogP contribution in [0.5, 0.6) is 0 Å². The number of aromatic nitrogens is 2. The molecule has 0 aliphatic heterocycles. The zero-order valence-corrected chi connectivity index (χ0v) is 9.80. The van der Waals surface area contributed by atoms with Gasteiger partial charge in [0.25, 0.3) is 0 Å². The third-order valence-electron chi connectivity index (χ3n) is 2.58. The van der Waals surface area contributed by atoms with E-state index in [9.17, 15) is 0 Å². The van der Waals surface area contributed by atoms with Gasteiger partial charge in [0.05, 0.1) is 6.20 Å². The molecule has 2 aromatic rings. The molecule has 0 fully saturated rings. The second-order valence-corrected chi connectivity index (χ2v) is 4.29. The van der Waals surface area contributed by atoms with Gasteiger partial charge in [0, 0.05) is 11.5 Å². The molecule has 0 aliphatic carbocycles. The van der Waals surface area contributed by atoms with Crippen LogP contribution in [0.2, 0.25) is 0 Å². The molecule has 0 spiro atoms. The number of benzene rings is 1. The Morgan fingerprint density at radius 1 is 1.19 bits per heavy atom. The average molecular weight is 213 g/mol. The van der Waals surface area contributed by atoms with Crippen molar-refractivity contribution in [2.24, 2.45) is 0 Å². The molecule has 2 nitrogen and oxygen atoms in total. The monoisotopic (exact) mass is 213 g/mol. The summed E-state index contributed by atoms with van der Waals surface area (Å²) < 4.78 is 2.18. The molecular formula is C14H17N2+. The van der Waals surface area contributed by atoms with E-state index in [-0.39, 0.29) is 0 Å². The Kier molecular flexibility index (Phi) is 3.30. The topological polar surface area (TPSA) is 16.8 Å². The average Bonchev–Trinajstić information content (AvgIpc) is 2.30. The smallest absolute Gasteiger partial charge is 0.191 e. The van der Waals surface area contributed by atoms with Gasteiger partial charge in [-0.15, -0.1) is 0 Å². The van der Waals surface area contributed by atoms with Crippen molar-refractivity contribution in [2.45, 2.75) is 26.3 Å². The largest absolute Gasteiger partial charge is 0.249 e. The fourth-order valence-electron chi connectivity index (χ4n) is 1.64. The van der Waals surface area contributed by atoms with Crippen molar-refractivity contribution in [3.63, 3.8) is 0 Å². The number of hydrogen-bond donors (Lipinski definition) is 0. The fourth-order valence-corrected chi connectivity index (χ4v) is 1.64. The zero-order valence-electron chi connectivity index (χ0n) is 9.80. The first kappa shape index (κ1) is 10.8. The first-order chi connectivity index (χ1) is 7.75. The lowest BCUT2D eigenvalue weighted by molar-refractivity contribution is -0.689. The highest BCUT2D eigenvalue weighted by molar-refractivity contribution is 5.13. The van der Waals surface area contributed by atoms with Crippen molar-refractivity contribution < 1.29 is 4.57 Å². The quantitative estimate of drug-likeness (QED) is 0.716. The molecule has 1 aromatic carbocycles. The van der Waals surface area contributed by atoms with Crippen LogP contribution < -0.4 is 4.57 Å². The Hall–Kier alpha value is -1.70. The van der Waals surface area contributed by atoms with Crippen LogP contribution in [0.15, 0.2) is 48.9 Å². The molecule has 0 saturated heterocycles. The van der Waals surface area contributed by atoms with Crippen LogP contribution in [0, 0.1) is 0 Å². The maximum absolute atomic E-state index is 4.36. The first-order valence-electron chi connectivity index (χ1n) is 5.64. The van der Waals surface area contributed by atoms with Gasteiger partial charge in [0.1, 0.15) is 5.69 Å². The van der Waals surface area contributed by atoms with Gasteiger partial charge in [-0.1, -0.05) is 44.2 Å². The summed E-state index contributed by atoms with van der Waals surface area (Å²) >= 11 is 0. The highest BCUT2D eigenvalue weighted by Gasteiger charge is 2.07. The zero-order chi connectivity index (χ0) is 11.4. The second kappa shape index (κ2) is 4.88. The van der Waals surface area contributed by atoms with Crippen molar-refractivity contribution in [3.05, 3.63) is 60.2 Å². The second-order valence-electron chi connectivity index (χ2n) is 4.29. The standard InChI is InChI=1S/C14H17N2/c1-12(2)14-11-16(9-8-15-14)10-13-6-4-3-5-7-13/h3-9,11-12H,10H2,1-2H3/q+1. The van der Waals surface area contributed by atoms with Gasteiger partial charge < -0.3 is 0 Å². The summed E-state index contributed by atoms with van der Waals surface area (Å²) in [5.74, 6) is 0.475. The van der Waals surface area contributed by atoms with Crippen LogP contribution in [0.25, 0.3) is 0 Å². The van der Waals surface area contributed by atoms with E-state index in [1.165, 1.54) is 5.56 Å². The third-order valence-corrected chi connectivity index (χ3v) is 2.58. The molecule has 0 saturated carbocycles. The summed E-state index contributed by atoms with van der Waals surface area (Å²) in [5, 5.41) is 0. The summed E-state index contributed by atoms with van der Waals surface area (Å²) in [6.45, 7) is 5.23. The van der Waals surface area contributed by atoms with Crippen molar-refractivity contribution in [1.82, 2.24) is 4.98 Å². The molecule has 0 N–H and O–H groups in total. The van der Waals surface area contributed by atoms with Gasteiger partial charge in [-0.25, -0.2) is 4.98 Å². The first-order valence-corrected chi connectivity index (χ1v) is 5.64. The Morgan fingerprint density at radius 2 is 1.94 bits per heavy atom. The molecule has 1 heterocycles. The maximum atomic E-state index is 4.36. The van der Waals surface area contributed by atoms with Crippen molar-refractivity contribution in [2.75, 3.05) is 0 Å². The molecule has 82 valence electrons. The van der Waals surface area contributed by atoms with E-state index in [0.717, 1.165) is 12.2 Å². The van der Waals surface area contributed by atoms with Crippen LogP contribution >= 0.6 is 0 Å². The number of rotatable bonds is 3. The molecule has 1 aromatic heterocycles. The Morgan fingerprint density at radius 3 is 2.62 bits per heavy atom.